The first kappa shape index (κ1) is 36.6. The molecule has 3 aromatic carbocycles. The van der Waals surface area contributed by atoms with Gasteiger partial charge in [-0.05, 0) is 54.0 Å². The second-order valence-corrected chi connectivity index (χ2v) is 16.6. The zero-order chi connectivity index (χ0) is 34.0. The Bertz CT molecular complexity index is 1700. The Labute approximate surface area is 279 Å². The number of hydrogen-bond donors (Lipinski definition) is 5. The van der Waals surface area contributed by atoms with Crippen LogP contribution in [0.15, 0.2) is 72.8 Å². The first-order valence-electron chi connectivity index (χ1n) is 15.4. The Balaban J connectivity index is 1.47. The predicted molar refractivity (Wildman–Crippen MR) is 183 cm³/mol. The minimum Gasteiger partial charge on any atom is -0.368 e. The van der Waals surface area contributed by atoms with Gasteiger partial charge in [0.15, 0.2) is 0 Å². The normalized spacial score (nSPS) is 16.8. The Morgan fingerprint density at radius 1 is 0.957 bits per heavy atom. The molecule has 3 aromatic rings. The number of hydrogen-bond acceptors (Lipinski definition) is 7. The summed E-state index contributed by atoms with van der Waals surface area (Å²) in [6.45, 7) is 0.165. The number of benzene rings is 3. The number of likely N-dealkylation sites (tertiary alicyclic amines) is 1. The van der Waals surface area contributed by atoms with Gasteiger partial charge in [0.05, 0.1) is 11.2 Å². The van der Waals surface area contributed by atoms with E-state index in [0.717, 1.165) is 33.7 Å². The molecule has 254 valence electrons. The van der Waals surface area contributed by atoms with Gasteiger partial charge in [0.25, 0.3) is 0 Å². The van der Waals surface area contributed by atoms with E-state index in [2.05, 4.69) is 10.0 Å². The van der Waals surface area contributed by atoms with Crippen molar-refractivity contribution in [1.82, 2.24) is 14.9 Å². The molecule has 15 heteroatoms. The van der Waals surface area contributed by atoms with Crippen LogP contribution in [0, 0.1) is 0 Å². The molecule has 1 aliphatic heterocycles. The summed E-state index contributed by atoms with van der Waals surface area (Å²) in [4.78, 5) is 59.9. The molecule has 0 aromatic heterocycles. The minimum atomic E-state index is -4.43. The Kier molecular flexibility index (Phi) is 13.0. The maximum atomic E-state index is 13.9. The van der Waals surface area contributed by atoms with Gasteiger partial charge < -0.3 is 25.7 Å². The lowest BCUT2D eigenvalue weighted by Crippen LogP contribution is -2.60. The molecule has 3 atom stereocenters. The Morgan fingerprint density at radius 3 is 2.36 bits per heavy atom. The molecular formula is C32H41N4O8PS2. The van der Waals surface area contributed by atoms with E-state index in [1.165, 1.54) is 4.90 Å². The zero-order valence-corrected chi connectivity index (χ0v) is 28.4. The van der Waals surface area contributed by atoms with Crippen LogP contribution in [0.5, 0.6) is 0 Å². The highest BCUT2D eigenvalue weighted by Crippen LogP contribution is 2.38. The van der Waals surface area contributed by atoms with E-state index >= 15 is 0 Å². The summed E-state index contributed by atoms with van der Waals surface area (Å²) >= 11 is 0.749. The lowest BCUT2D eigenvalue weighted by atomic mass is 9.98. The van der Waals surface area contributed by atoms with E-state index < -0.39 is 59.0 Å². The van der Waals surface area contributed by atoms with Crippen LogP contribution >= 0.6 is 19.4 Å². The van der Waals surface area contributed by atoms with Crippen molar-refractivity contribution in [3.8, 4) is 0 Å². The van der Waals surface area contributed by atoms with E-state index in [1.54, 1.807) is 0 Å². The molecule has 4 rings (SSSR count). The van der Waals surface area contributed by atoms with Crippen LogP contribution < -0.4 is 15.8 Å². The Hall–Kier alpha value is -3.26. The van der Waals surface area contributed by atoms with Crippen molar-refractivity contribution in [2.24, 2.45) is 5.73 Å². The summed E-state index contributed by atoms with van der Waals surface area (Å²) in [5.41, 5.74) is 6.82. The lowest BCUT2D eigenvalue weighted by Gasteiger charge is -2.37. The molecule has 6 N–H and O–H groups in total. The van der Waals surface area contributed by atoms with Gasteiger partial charge in [0.2, 0.25) is 27.7 Å². The van der Waals surface area contributed by atoms with Crippen molar-refractivity contribution in [1.29, 1.82) is 0 Å². The van der Waals surface area contributed by atoms with Gasteiger partial charge >= 0.3 is 7.60 Å². The number of carbonyl (C=O) groups is 3. The molecule has 1 aliphatic rings. The van der Waals surface area contributed by atoms with Crippen LogP contribution in [0.3, 0.4) is 0 Å². The molecule has 0 radical (unpaired) electrons. The van der Waals surface area contributed by atoms with Crippen LogP contribution in [-0.2, 0) is 41.8 Å². The molecule has 0 saturated carbocycles. The fourth-order valence-electron chi connectivity index (χ4n) is 5.59. The standard InChI is InChI=1S/C32H41N4O8PS2/c33-30(37)27(20-24-15-16-25-12-4-5-13-26(25)19-24)34-31(38)29-14-6-7-17-36(29)32(39)28(21-46-22-45(40,41)42)35-47(43,44)18-8-11-23-9-2-1-3-10-23/h1-5,9-10,12-13,15-16,19,27-29,35H,6-8,11,14,17-18,20-22H2,(H2,33,37)(H,34,38)(H2,40,41,42)/t27-,28-,29-/m0/s1. The number of primary amides is 1. The van der Waals surface area contributed by atoms with Crippen LogP contribution in [0.2, 0.25) is 0 Å². The highest BCUT2D eigenvalue weighted by atomic mass is 32.2. The third-order valence-electron chi connectivity index (χ3n) is 7.89. The number of sulfonamides is 1. The summed E-state index contributed by atoms with van der Waals surface area (Å²) < 4.78 is 40.1. The van der Waals surface area contributed by atoms with E-state index in [0.29, 0.717) is 19.3 Å². The van der Waals surface area contributed by atoms with Gasteiger partial charge in [-0.3, -0.25) is 18.9 Å². The lowest BCUT2D eigenvalue weighted by molar-refractivity contribution is -0.143. The van der Waals surface area contributed by atoms with Gasteiger partial charge in [0, 0.05) is 18.7 Å². The van der Waals surface area contributed by atoms with Crippen LogP contribution in [-0.4, -0.2) is 82.5 Å². The second-order valence-electron chi connectivity index (χ2n) is 11.6. The highest BCUT2D eigenvalue weighted by molar-refractivity contribution is 8.04. The fraction of sp³-hybridized carbons (Fsp3) is 0.406. The first-order chi connectivity index (χ1) is 22.3. The Morgan fingerprint density at radius 2 is 1.66 bits per heavy atom. The average Bonchev–Trinajstić information content (AvgIpc) is 3.03. The summed E-state index contributed by atoms with van der Waals surface area (Å²) in [5.74, 6) is -2.53. The fourth-order valence-corrected chi connectivity index (χ4v) is 8.79. The van der Waals surface area contributed by atoms with Crippen molar-refractivity contribution in [3.63, 3.8) is 0 Å². The maximum absolute atomic E-state index is 13.9. The quantitative estimate of drug-likeness (QED) is 0.139. The highest BCUT2D eigenvalue weighted by Gasteiger charge is 2.38. The monoisotopic (exact) mass is 704 g/mol. The van der Waals surface area contributed by atoms with Crippen molar-refractivity contribution in [2.75, 3.05) is 23.5 Å². The number of fused-ring (bicyclic) bond motifs is 1. The number of nitrogens with one attached hydrogen (secondary N) is 2. The maximum Gasteiger partial charge on any atom is 0.335 e. The van der Waals surface area contributed by atoms with E-state index in [9.17, 15) is 37.2 Å². The number of aryl methyl sites for hydroxylation is 1. The van der Waals surface area contributed by atoms with Crippen molar-refractivity contribution >= 4 is 57.9 Å². The number of rotatable bonds is 16. The third kappa shape index (κ3) is 11.4. The molecule has 1 fully saturated rings. The number of thioether (sulfide) groups is 1. The number of amides is 3. The molecule has 1 heterocycles. The second kappa shape index (κ2) is 16.7. The van der Waals surface area contributed by atoms with Gasteiger partial charge in [0.1, 0.15) is 18.1 Å². The third-order valence-corrected chi connectivity index (χ3v) is 12.0. The SMILES string of the molecule is NC(=O)[C@H](Cc1ccc2ccccc2c1)NC(=O)[C@@H]1CCCCN1C(=O)[C@H](CSCP(=O)(O)O)NS(=O)(=O)CCCc1ccccc1. The van der Waals surface area contributed by atoms with Crippen molar-refractivity contribution in [2.45, 2.75) is 56.7 Å². The smallest absolute Gasteiger partial charge is 0.335 e. The summed E-state index contributed by atoms with van der Waals surface area (Å²) in [5, 5.41) is 4.69. The van der Waals surface area contributed by atoms with Gasteiger partial charge in [-0.15, -0.1) is 11.8 Å². The summed E-state index contributed by atoms with van der Waals surface area (Å²) in [7, 11) is -8.42. The predicted octanol–water partition coefficient (Wildman–Crippen LogP) is 2.52. The topological polar surface area (TPSA) is 196 Å². The number of carbonyl (C=O) groups excluding carboxylic acids is 3. The minimum absolute atomic E-state index is 0.136. The van der Waals surface area contributed by atoms with Crippen molar-refractivity contribution < 1.29 is 37.2 Å². The molecule has 12 nitrogen and oxygen atoms in total. The largest absolute Gasteiger partial charge is 0.368 e. The molecule has 47 heavy (non-hydrogen) atoms. The molecular weight excluding hydrogens is 663 g/mol. The van der Waals surface area contributed by atoms with Gasteiger partial charge in [-0.25, -0.2) is 13.1 Å². The van der Waals surface area contributed by atoms with Crippen molar-refractivity contribution in [3.05, 3.63) is 83.9 Å². The number of nitrogens with two attached hydrogens (primary N) is 1. The number of nitrogens with zero attached hydrogens (tertiary/aromatic N) is 1. The van der Waals surface area contributed by atoms with Crippen LogP contribution in [0.25, 0.3) is 10.8 Å². The molecule has 3 amide bonds. The van der Waals surface area contributed by atoms with E-state index in [-0.39, 0.29) is 37.3 Å². The van der Waals surface area contributed by atoms with Gasteiger partial charge in [-0.1, -0.05) is 72.8 Å². The summed E-state index contributed by atoms with van der Waals surface area (Å²) in [6.07, 6.45) is 2.40. The van der Waals surface area contributed by atoms with Crippen LogP contribution in [0.4, 0.5) is 0 Å². The summed E-state index contributed by atoms with van der Waals surface area (Å²) in [6, 6.07) is 19.3. The molecule has 0 aliphatic carbocycles. The average molecular weight is 705 g/mol. The molecule has 0 unspecified atom stereocenters. The molecule has 0 spiro atoms. The molecule has 0 bridgehead atoms. The van der Waals surface area contributed by atoms with E-state index in [4.69, 9.17) is 5.73 Å². The number of piperidine rings is 1. The van der Waals surface area contributed by atoms with Crippen LogP contribution in [0.1, 0.15) is 36.8 Å². The zero-order valence-electron chi connectivity index (χ0n) is 25.9. The first-order valence-corrected chi connectivity index (χ1v) is 20.0. The van der Waals surface area contributed by atoms with E-state index in [1.807, 2.05) is 72.8 Å². The molecule has 1 saturated heterocycles. The van der Waals surface area contributed by atoms with Gasteiger partial charge in [-0.2, -0.15) is 0 Å².